The lowest BCUT2D eigenvalue weighted by atomic mass is 10.2. The van der Waals surface area contributed by atoms with Crippen molar-refractivity contribution in [2.24, 2.45) is 0 Å². The van der Waals surface area contributed by atoms with E-state index < -0.39 is 18.0 Å². The van der Waals surface area contributed by atoms with E-state index in [1.807, 2.05) is 30.7 Å². The number of carbonyl (C=O) groups is 2. The van der Waals surface area contributed by atoms with Crippen LogP contribution in [-0.4, -0.2) is 35.2 Å². The minimum atomic E-state index is -1.01. The summed E-state index contributed by atoms with van der Waals surface area (Å²) in [6.45, 7) is 1.86. The van der Waals surface area contributed by atoms with Gasteiger partial charge in [0.15, 0.2) is 0 Å². The van der Waals surface area contributed by atoms with E-state index in [4.69, 9.17) is 5.11 Å². The predicted octanol–water partition coefficient (Wildman–Crippen LogP) is 2.31. The summed E-state index contributed by atoms with van der Waals surface area (Å²) < 4.78 is 0. The molecule has 5 nitrogen and oxygen atoms in total. The standard InChI is InChI=1S/C12H18N2O3S2/c1-8(10-4-3-6-19-10)13-12(17)14-9(11(15)16)5-7-18-2/h3-4,6,8-9H,5,7H2,1-2H3,(H,15,16)(H2,13,14,17)/t8?,9-/m1/s1. The SMILES string of the molecule is CSCC[C@@H](NC(=O)NC(C)c1cccs1)C(=O)O. The molecule has 0 aliphatic carbocycles. The second-order valence-electron chi connectivity index (χ2n) is 4.03. The van der Waals surface area contributed by atoms with E-state index in [0.717, 1.165) is 4.88 Å². The Morgan fingerprint density at radius 3 is 2.74 bits per heavy atom. The van der Waals surface area contributed by atoms with Gasteiger partial charge in [0, 0.05) is 4.88 Å². The van der Waals surface area contributed by atoms with Crippen molar-refractivity contribution in [3.63, 3.8) is 0 Å². The molecule has 1 rings (SSSR count). The normalized spacial score (nSPS) is 13.6. The number of thioether (sulfide) groups is 1. The van der Waals surface area contributed by atoms with E-state index >= 15 is 0 Å². The van der Waals surface area contributed by atoms with Crippen LogP contribution in [0.1, 0.15) is 24.3 Å². The first kappa shape index (κ1) is 15.8. The third-order valence-electron chi connectivity index (χ3n) is 2.53. The second-order valence-corrected chi connectivity index (χ2v) is 5.99. The van der Waals surface area contributed by atoms with Gasteiger partial charge in [0.1, 0.15) is 6.04 Å². The molecule has 0 bridgehead atoms. The topological polar surface area (TPSA) is 78.4 Å². The third-order valence-corrected chi connectivity index (χ3v) is 4.23. The minimum Gasteiger partial charge on any atom is -0.480 e. The van der Waals surface area contributed by atoms with Crippen LogP contribution in [-0.2, 0) is 4.79 Å². The number of thiophene rings is 1. The Labute approximate surface area is 120 Å². The van der Waals surface area contributed by atoms with Gasteiger partial charge >= 0.3 is 12.0 Å². The molecule has 2 atom stereocenters. The highest BCUT2D eigenvalue weighted by molar-refractivity contribution is 7.98. The van der Waals surface area contributed by atoms with E-state index in [1.165, 1.54) is 0 Å². The number of rotatable bonds is 7. The molecular weight excluding hydrogens is 284 g/mol. The fraction of sp³-hybridized carbons (Fsp3) is 0.500. The Balaban J connectivity index is 2.46. The molecule has 0 saturated carbocycles. The molecule has 0 aromatic carbocycles. The van der Waals surface area contributed by atoms with Crippen LogP contribution < -0.4 is 10.6 Å². The quantitative estimate of drug-likeness (QED) is 0.722. The van der Waals surface area contributed by atoms with E-state index in [0.29, 0.717) is 12.2 Å². The molecule has 7 heteroatoms. The van der Waals surface area contributed by atoms with Crippen molar-refractivity contribution in [3.05, 3.63) is 22.4 Å². The van der Waals surface area contributed by atoms with Gasteiger partial charge in [-0.3, -0.25) is 0 Å². The van der Waals surface area contributed by atoms with Crippen LogP contribution in [0, 0.1) is 0 Å². The Morgan fingerprint density at radius 1 is 1.47 bits per heavy atom. The van der Waals surface area contributed by atoms with Gasteiger partial charge in [-0.15, -0.1) is 11.3 Å². The molecule has 0 spiro atoms. The lowest BCUT2D eigenvalue weighted by Crippen LogP contribution is -2.46. The summed E-state index contributed by atoms with van der Waals surface area (Å²) >= 11 is 3.10. The van der Waals surface area contributed by atoms with Crippen LogP contribution in [0.15, 0.2) is 17.5 Å². The molecule has 2 amide bonds. The van der Waals surface area contributed by atoms with Crippen molar-refractivity contribution in [3.8, 4) is 0 Å². The zero-order chi connectivity index (χ0) is 14.3. The number of hydrogen-bond donors (Lipinski definition) is 3. The Kier molecular flexibility index (Phi) is 6.72. The van der Waals surface area contributed by atoms with Crippen molar-refractivity contribution in [2.75, 3.05) is 12.0 Å². The molecule has 0 aliphatic heterocycles. The molecular formula is C12H18N2O3S2. The number of carboxylic acids is 1. The van der Waals surface area contributed by atoms with Gasteiger partial charge in [0.05, 0.1) is 6.04 Å². The number of carbonyl (C=O) groups excluding carboxylic acids is 1. The van der Waals surface area contributed by atoms with E-state index in [2.05, 4.69) is 10.6 Å². The number of amides is 2. The maximum absolute atomic E-state index is 11.7. The molecule has 19 heavy (non-hydrogen) atoms. The largest absolute Gasteiger partial charge is 0.480 e. The monoisotopic (exact) mass is 302 g/mol. The second kappa shape index (κ2) is 8.06. The summed E-state index contributed by atoms with van der Waals surface area (Å²) in [6.07, 6.45) is 2.31. The van der Waals surface area contributed by atoms with Gasteiger partial charge in [0.2, 0.25) is 0 Å². The van der Waals surface area contributed by atoms with Crippen molar-refractivity contribution in [1.29, 1.82) is 0 Å². The van der Waals surface area contributed by atoms with Gasteiger partial charge in [-0.1, -0.05) is 6.07 Å². The lowest BCUT2D eigenvalue weighted by molar-refractivity contribution is -0.139. The number of urea groups is 1. The highest BCUT2D eigenvalue weighted by Crippen LogP contribution is 2.17. The van der Waals surface area contributed by atoms with E-state index in [1.54, 1.807) is 23.1 Å². The lowest BCUT2D eigenvalue weighted by Gasteiger charge is -2.17. The van der Waals surface area contributed by atoms with Crippen LogP contribution in [0.3, 0.4) is 0 Å². The number of nitrogens with one attached hydrogen (secondary N) is 2. The average Bonchev–Trinajstić information content (AvgIpc) is 2.87. The first-order chi connectivity index (χ1) is 9.04. The van der Waals surface area contributed by atoms with Crippen LogP contribution in [0.5, 0.6) is 0 Å². The minimum absolute atomic E-state index is 0.130. The summed E-state index contributed by atoms with van der Waals surface area (Å²) in [5.41, 5.74) is 0. The Bertz CT molecular complexity index is 409. The number of aliphatic carboxylic acids is 1. The maximum atomic E-state index is 11.7. The zero-order valence-electron chi connectivity index (χ0n) is 10.9. The van der Waals surface area contributed by atoms with Crippen molar-refractivity contribution < 1.29 is 14.7 Å². The smallest absolute Gasteiger partial charge is 0.326 e. The fourth-order valence-electron chi connectivity index (χ4n) is 1.50. The molecule has 1 aromatic rings. The highest BCUT2D eigenvalue weighted by Gasteiger charge is 2.20. The van der Waals surface area contributed by atoms with Crippen molar-refractivity contribution in [1.82, 2.24) is 10.6 Å². The molecule has 3 N–H and O–H groups in total. The van der Waals surface area contributed by atoms with E-state index in [9.17, 15) is 9.59 Å². The van der Waals surface area contributed by atoms with Crippen LogP contribution in [0.2, 0.25) is 0 Å². The Hall–Kier alpha value is -1.21. The molecule has 0 fully saturated rings. The van der Waals surface area contributed by atoms with E-state index in [-0.39, 0.29) is 6.04 Å². The van der Waals surface area contributed by atoms with Crippen molar-refractivity contribution >= 4 is 35.1 Å². The van der Waals surface area contributed by atoms with Gasteiger partial charge in [-0.25, -0.2) is 9.59 Å². The summed E-state index contributed by atoms with van der Waals surface area (Å²) in [5, 5.41) is 16.2. The number of carboxylic acid groups (broad SMARTS) is 1. The Morgan fingerprint density at radius 2 is 2.21 bits per heavy atom. The first-order valence-electron chi connectivity index (χ1n) is 5.86. The summed E-state index contributed by atoms with van der Waals surface area (Å²) in [5.74, 6) is -0.314. The van der Waals surface area contributed by atoms with Crippen molar-refractivity contribution in [2.45, 2.75) is 25.4 Å². The van der Waals surface area contributed by atoms with Gasteiger partial charge in [-0.05, 0) is 36.8 Å². The predicted molar refractivity (Wildman–Crippen MR) is 78.8 cm³/mol. The maximum Gasteiger partial charge on any atom is 0.326 e. The summed E-state index contributed by atoms with van der Waals surface area (Å²) in [6, 6.07) is 2.42. The van der Waals surface area contributed by atoms with Gasteiger partial charge < -0.3 is 15.7 Å². The third kappa shape index (κ3) is 5.52. The first-order valence-corrected chi connectivity index (χ1v) is 8.14. The van der Waals surface area contributed by atoms with Gasteiger partial charge in [-0.2, -0.15) is 11.8 Å². The molecule has 106 valence electrons. The molecule has 1 aromatic heterocycles. The summed E-state index contributed by atoms with van der Waals surface area (Å²) in [7, 11) is 0. The van der Waals surface area contributed by atoms with Crippen LogP contribution in [0.4, 0.5) is 4.79 Å². The van der Waals surface area contributed by atoms with Gasteiger partial charge in [0.25, 0.3) is 0 Å². The molecule has 0 radical (unpaired) electrons. The zero-order valence-corrected chi connectivity index (χ0v) is 12.5. The molecule has 1 unspecified atom stereocenters. The molecule has 1 heterocycles. The van der Waals surface area contributed by atoms with Crippen LogP contribution >= 0.6 is 23.1 Å². The fourth-order valence-corrected chi connectivity index (χ4v) is 2.70. The average molecular weight is 302 g/mol. The molecule has 0 aliphatic rings. The highest BCUT2D eigenvalue weighted by atomic mass is 32.2. The van der Waals surface area contributed by atoms with Crippen LogP contribution in [0.25, 0.3) is 0 Å². The summed E-state index contributed by atoms with van der Waals surface area (Å²) in [4.78, 5) is 23.8. The number of hydrogen-bond acceptors (Lipinski definition) is 4. The molecule has 0 saturated heterocycles.